The largest absolute Gasteiger partial charge is 0.493 e. The lowest BCUT2D eigenvalue weighted by atomic mass is 9.95. The minimum Gasteiger partial charge on any atom is -0.493 e. The molecule has 0 aliphatic rings. The molecular formula is C22H23BrClN3O3. The molecule has 1 aromatic heterocycles. The summed E-state index contributed by atoms with van der Waals surface area (Å²) >= 11 is 9.77. The van der Waals surface area contributed by atoms with E-state index in [2.05, 4.69) is 21.0 Å². The van der Waals surface area contributed by atoms with Crippen LogP contribution < -0.4 is 15.0 Å². The van der Waals surface area contributed by atoms with Crippen molar-refractivity contribution in [1.82, 2.24) is 9.66 Å². The molecule has 0 bridgehead atoms. The molecule has 0 atom stereocenters. The maximum Gasteiger partial charge on any atom is 0.282 e. The summed E-state index contributed by atoms with van der Waals surface area (Å²) in [6, 6.07) is 8.91. The third-order valence-corrected chi connectivity index (χ3v) is 5.12. The molecule has 0 fully saturated rings. The molecule has 2 aromatic carbocycles. The molecule has 0 unspecified atom stereocenters. The van der Waals surface area contributed by atoms with Gasteiger partial charge in [-0.2, -0.15) is 9.78 Å². The fourth-order valence-electron chi connectivity index (χ4n) is 2.96. The van der Waals surface area contributed by atoms with Gasteiger partial charge in [-0.15, -0.1) is 0 Å². The highest BCUT2D eigenvalue weighted by Crippen LogP contribution is 2.36. The summed E-state index contributed by atoms with van der Waals surface area (Å²) < 4.78 is 13.1. The van der Waals surface area contributed by atoms with Crippen LogP contribution >= 0.6 is 27.5 Å². The second kappa shape index (κ2) is 8.78. The topological polar surface area (TPSA) is 65.7 Å². The Morgan fingerprint density at radius 3 is 2.63 bits per heavy atom. The fraction of sp³-hybridized carbons (Fsp3) is 0.318. The van der Waals surface area contributed by atoms with Crippen LogP contribution in [0.1, 0.15) is 39.1 Å². The molecule has 1 heterocycles. The van der Waals surface area contributed by atoms with Gasteiger partial charge in [0.05, 0.1) is 35.9 Å². The smallest absolute Gasteiger partial charge is 0.282 e. The lowest BCUT2D eigenvalue weighted by Gasteiger charge is -2.21. The number of benzene rings is 2. The van der Waals surface area contributed by atoms with Gasteiger partial charge in [-0.25, -0.2) is 4.98 Å². The van der Waals surface area contributed by atoms with Gasteiger partial charge in [-0.1, -0.05) is 48.3 Å². The van der Waals surface area contributed by atoms with Crippen molar-refractivity contribution in [2.45, 2.75) is 33.1 Å². The van der Waals surface area contributed by atoms with Crippen LogP contribution in [0.25, 0.3) is 10.9 Å². The van der Waals surface area contributed by atoms with E-state index in [1.165, 1.54) is 4.68 Å². The lowest BCUT2D eigenvalue weighted by Crippen LogP contribution is -2.29. The highest BCUT2D eigenvalue weighted by molar-refractivity contribution is 9.10. The van der Waals surface area contributed by atoms with Crippen LogP contribution in [0.2, 0.25) is 5.02 Å². The minimum atomic E-state index is -0.397. The molecule has 0 saturated heterocycles. The molecule has 3 rings (SSSR count). The Morgan fingerprint density at radius 2 is 2.00 bits per heavy atom. The Bertz CT molecular complexity index is 1180. The first kappa shape index (κ1) is 22.3. The predicted octanol–water partition coefficient (Wildman–Crippen LogP) is 5.40. The van der Waals surface area contributed by atoms with Gasteiger partial charge in [0.2, 0.25) is 0 Å². The zero-order valence-corrected chi connectivity index (χ0v) is 19.8. The first-order valence-electron chi connectivity index (χ1n) is 9.43. The summed E-state index contributed by atoms with van der Waals surface area (Å²) in [4.78, 5) is 17.9. The lowest BCUT2D eigenvalue weighted by molar-refractivity contribution is 0.311. The maximum atomic E-state index is 13.2. The van der Waals surface area contributed by atoms with Crippen molar-refractivity contribution in [3.8, 4) is 11.5 Å². The van der Waals surface area contributed by atoms with Gasteiger partial charge >= 0.3 is 0 Å². The zero-order chi connectivity index (χ0) is 22.1. The Labute approximate surface area is 188 Å². The van der Waals surface area contributed by atoms with Crippen LogP contribution in [0.5, 0.6) is 11.5 Å². The number of ether oxygens (including phenoxy) is 2. The van der Waals surface area contributed by atoms with Gasteiger partial charge in [0.1, 0.15) is 5.82 Å². The quantitative estimate of drug-likeness (QED) is 0.447. The molecule has 0 spiro atoms. The third kappa shape index (κ3) is 4.52. The molecule has 158 valence electrons. The van der Waals surface area contributed by atoms with Crippen LogP contribution in [0.15, 0.2) is 44.7 Å². The van der Waals surface area contributed by atoms with Gasteiger partial charge in [0.25, 0.3) is 5.56 Å². The van der Waals surface area contributed by atoms with E-state index in [9.17, 15) is 4.79 Å². The fourth-order valence-corrected chi connectivity index (χ4v) is 3.60. The number of fused-ring (bicyclic) bond motifs is 1. The number of halogens is 2. The molecule has 3 aromatic rings. The number of rotatable bonds is 5. The van der Waals surface area contributed by atoms with E-state index in [0.717, 1.165) is 4.47 Å². The predicted molar refractivity (Wildman–Crippen MR) is 125 cm³/mol. The van der Waals surface area contributed by atoms with Crippen molar-refractivity contribution in [1.29, 1.82) is 0 Å². The normalized spacial score (nSPS) is 12.0. The van der Waals surface area contributed by atoms with Gasteiger partial charge in [0.15, 0.2) is 11.5 Å². The molecule has 6 nitrogen and oxygen atoms in total. The summed E-state index contributed by atoms with van der Waals surface area (Å²) in [5, 5.41) is 5.35. The van der Waals surface area contributed by atoms with Gasteiger partial charge in [-0.05, 0) is 42.8 Å². The summed E-state index contributed by atoms with van der Waals surface area (Å²) in [6.45, 7) is 8.30. The molecule has 30 heavy (non-hydrogen) atoms. The maximum absolute atomic E-state index is 13.2. The van der Waals surface area contributed by atoms with Crippen molar-refractivity contribution in [2.24, 2.45) is 5.10 Å². The van der Waals surface area contributed by atoms with E-state index in [0.29, 0.717) is 45.4 Å². The average molecular weight is 493 g/mol. The van der Waals surface area contributed by atoms with E-state index < -0.39 is 5.41 Å². The Morgan fingerprint density at radius 1 is 1.27 bits per heavy atom. The van der Waals surface area contributed by atoms with Gasteiger partial charge in [-0.3, -0.25) is 4.79 Å². The number of aromatic nitrogens is 2. The third-order valence-electron chi connectivity index (χ3n) is 4.34. The number of methoxy groups -OCH3 is 1. The SMILES string of the molecule is CCOc1c(Cl)cc(C=Nn2c(C(C)(C)C)nc3ccc(Br)cc3c2=O)cc1OC. The number of hydrogen-bond acceptors (Lipinski definition) is 5. The first-order valence-corrected chi connectivity index (χ1v) is 10.6. The van der Waals surface area contributed by atoms with Crippen LogP contribution in [0.3, 0.4) is 0 Å². The summed E-state index contributed by atoms with van der Waals surface area (Å²) in [7, 11) is 1.54. The van der Waals surface area contributed by atoms with Gasteiger partial charge < -0.3 is 9.47 Å². The minimum absolute atomic E-state index is 0.244. The van der Waals surface area contributed by atoms with E-state index in [4.69, 9.17) is 26.1 Å². The number of hydrogen-bond donors (Lipinski definition) is 0. The summed E-state index contributed by atoms with van der Waals surface area (Å²) in [5.41, 5.74) is 0.657. The Balaban J connectivity index is 2.17. The van der Waals surface area contributed by atoms with Crippen molar-refractivity contribution in [3.05, 3.63) is 61.6 Å². The van der Waals surface area contributed by atoms with Crippen molar-refractivity contribution >= 4 is 44.6 Å². The molecule has 8 heteroatoms. The Kier molecular flexibility index (Phi) is 6.53. The highest BCUT2D eigenvalue weighted by atomic mass is 79.9. The number of nitrogens with zero attached hydrogens (tertiary/aromatic N) is 3. The van der Waals surface area contributed by atoms with Crippen molar-refractivity contribution in [3.63, 3.8) is 0 Å². The molecule has 0 saturated carbocycles. The highest BCUT2D eigenvalue weighted by Gasteiger charge is 2.23. The molecular weight excluding hydrogens is 470 g/mol. The molecule has 0 aliphatic heterocycles. The summed E-state index contributed by atoms with van der Waals surface area (Å²) in [6.07, 6.45) is 1.56. The van der Waals surface area contributed by atoms with Crippen LogP contribution in [-0.4, -0.2) is 29.6 Å². The molecule has 0 N–H and O–H groups in total. The van der Waals surface area contributed by atoms with E-state index in [1.54, 1.807) is 31.5 Å². The van der Waals surface area contributed by atoms with Crippen LogP contribution in [0, 0.1) is 0 Å². The van der Waals surface area contributed by atoms with Crippen LogP contribution in [0.4, 0.5) is 0 Å². The molecule has 0 amide bonds. The molecule has 0 radical (unpaired) electrons. The van der Waals surface area contributed by atoms with E-state index in [1.807, 2.05) is 39.8 Å². The van der Waals surface area contributed by atoms with Crippen LogP contribution in [-0.2, 0) is 5.41 Å². The summed E-state index contributed by atoms with van der Waals surface area (Å²) in [5.74, 6) is 1.53. The molecule has 0 aliphatic carbocycles. The standard InChI is InChI=1S/C22H23BrClN3O3/c1-6-30-19-16(24)9-13(10-18(19)29-5)12-25-27-20(28)15-11-14(23)7-8-17(15)26-21(27)22(2,3)4/h7-12H,6H2,1-5H3. The monoisotopic (exact) mass is 491 g/mol. The van der Waals surface area contributed by atoms with E-state index in [-0.39, 0.29) is 5.56 Å². The first-order chi connectivity index (χ1) is 14.2. The Hall–Kier alpha value is -2.38. The second-order valence-electron chi connectivity index (χ2n) is 7.68. The van der Waals surface area contributed by atoms with Gasteiger partial charge in [0, 0.05) is 9.89 Å². The average Bonchev–Trinajstić information content (AvgIpc) is 2.68. The second-order valence-corrected chi connectivity index (χ2v) is 9.00. The van der Waals surface area contributed by atoms with E-state index >= 15 is 0 Å². The van der Waals surface area contributed by atoms with Crippen molar-refractivity contribution in [2.75, 3.05) is 13.7 Å². The zero-order valence-electron chi connectivity index (χ0n) is 17.5. The van der Waals surface area contributed by atoms with Crippen molar-refractivity contribution < 1.29 is 9.47 Å².